The molecule has 1 aromatic carbocycles. The van der Waals surface area contributed by atoms with Gasteiger partial charge in [0.05, 0.1) is 13.0 Å². The van der Waals surface area contributed by atoms with Crippen molar-refractivity contribution in [2.45, 2.75) is 25.3 Å². The molecule has 1 aliphatic carbocycles. The van der Waals surface area contributed by atoms with Crippen molar-refractivity contribution in [3.05, 3.63) is 36.0 Å². The fraction of sp³-hybridized carbons (Fsp3) is 0.389. The molecule has 1 heterocycles. The zero-order valence-corrected chi connectivity index (χ0v) is 13.9. The highest BCUT2D eigenvalue weighted by molar-refractivity contribution is 5.88. The Bertz CT molecular complexity index is 794. The predicted molar refractivity (Wildman–Crippen MR) is 89.6 cm³/mol. The monoisotopic (exact) mass is 344 g/mol. The second kappa shape index (κ2) is 7.38. The number of benzene rings is 1. The molecule has 1 amide bonds. The number of esters is 2. The van der Waals surface area contributed by atoms with Gasteiger partial charge in [-0.1, -0.05) is 18.2 Å². The second-order valence-electron chi connectivity index (χ2n) is 6.09. The fourth-order valence-corrected chi connectivity index (χ4v) is 2.67. The zero-order chi connectivity index (χ0) is 17.8. The van der Waals surface area contributed by atoms with E-state index in [4.69, 9.17) is 9.47 Å². The number of H-pyrrole nitrogens is 1. The summed E-state index contributed by atoms with van der Waals surface area (Å²) >= 11 is 0. The van der Waals surface area contributed by atoms with E-state index in [0.717, 1.165) is 29.3 Å². The van der Waals surface area contributed by atoms with Crippen LogP contribution in [-0.4, -0.2) is 42.6 Å². The van der Waals surface area contributed by atoms with Gasteiger partial charge in [-0.2, -0.15) is 0 Å². The molecule has 2 aromatic rings. The van der Waals surface area contributed by atoms with Crippen LogP contribution in [-0.2, 0) is 30.3 Å². The number of aromatic amines is 1. The number of rotatable bonds is 7. The number of para-hydroxylation sites is 1. The summed E-state index contributed by atoms with van der Waals surface area (Å²) in [5, 5.41) is 3.56. The first-order chi connectivity index (χ1) is 12.1. The van der Waals surface area contributed by atoms with Crippen LogP contribution in [0.15, 0.2) is 30.5 Å². The predicted octanol–water partition coefficient (Wildman–Crippen LogP) is 1.32. The number of carbonyl (C=O) groups is 3. The number of hydrogen-bond donors (Lipinski definition) is 2. The number of hydrogen-bond acceptors (Lipinski definition) is 5. The Hall–Kier alpha value is -2.83. The van der Waals surface area contributed by atoms with Crippen molar-refractivity contribution in [3.63, 3.8) is 0 Å². The average molecular weight is 344 g/mol. The minimum Gasteiger partial charge on any atom is -0.467 e. The van der Waals surface area contributed by atoms with Crippen molar-refractivity contribution >= 4 is 28.7 Å². The van der Waals surface area contributed by atoms with Crippen LogP contribution in [0, 0.1) is 5.92 Å². The number of amides is 1. The van der Waals surface area contributed by atoms with Gasteiger partial charge in [-0.05, 0) is 24.5 Å². The summed E-state index contributed by atoms with van der Waals surface area (Å²) in [6.45, 7) is -0.392. The van der Waals surface area contributed by atoms with Crippen LogP contribution in [0.2, 0.25) is 0 Å². The first kappa shape index (κ1) is 17.0. The lowest BCUT2D eigenvalue weighted by molar-refractivity contribution is -0.151. The van der Waals surface area contributed by atoms with Crippen LogP contribution in [0.5, 0.6) is 0 Å². The number of ether oxygens (including phenoxy) is 2. The summed E-state index contributed by atoms with van der Waals surface area (Å²) in [7, 11) is 1.27. The van der Waals surface area contributed by atoms with Gasteiger partial charge >= 0.3 is 11.9 Å². The van der Waals surface area contributed by atoms with E-state index in [1.165, 1.54) is 7.11 Å². The normalized spacial score (nSPS) is 14.8. The maximum atomic E-state index is 12.0. The molecule has 0 spiro atoms. The third-order valence-corrected chi connectivity index (χ3v) is 4.18. The highest BCUT2D eigenvalue weighted by Gasteiger charge is 2.32. The molecule has 1 saturated carbocycles. The third-order valence-electron chi connectivity index (χ3n) is 4.18. The lowest BCUT2D eigenvalue weighted by Crippen LogP contribution is -2.44. The molecule has 0 bridgehead atoms. The standard InChI is InChI=1S/C18H20N2O5/c1-24-18(23)15(20-16(21)10-25-17(22)11-6-7-11)8-12-9-19-14-5-3-2-4-13(12)14/h2-5,9,11,15,19H,6-8,10H2,1H3,(H,20,21)/t15-/m0/s1. The quantitative estimate of drug-likeness (QED) is 0.738. The molecule has 3 rings (SSSR count). The first-order valence-corrected chi connectivity index (χ1v) is 8.17. The molecule has 7 heteroatoms. The van der Waals surface area contributed by atoms with Crippen LogP contribution >= 0.6 is 0 Å². The number of carbonyl (C=O) groups excluding carboxylic acids is 3. The molecule has 0 radical (unpaired) electrons. The molecule has 1 aliphatic rings. The largest absolute Gasteiger partial charge is 0.467 e. The summed E-state index contributed by atoms with van der Waals surface area (Å²) in [5.74, 6) is -1.51. The Balaban J connectivity index is 1.63. The molecule has 2 N–H and O–H groups in total. The van der Waals surface area contributed by atoms with Crippen LogP contribution < -0.4 is 5.32 Å². The van der Waals surface area contributed by atoms with E-state index in [2.05, 4.69) is 10.3 Å². The number of fused-ring (bicyclic) bond motifs is 1. The highest BCUT2D eigenvalue weighted by atomic mass is 16.5. The molecule has 132 valence electrons. The van der Waals surface area contributed by atoms with E-state index in [0.29, 0.717) is 0 Å². The van der Waals surface area contributed by atoms with Gasteiger partial charge in [0.15, 0.2) is 6.61 Å². The van der Waals surface area contributed by atoms with E-state index in [9.17, 15) is 14.4 Å². The molecule has 0 saturated heterocycles. The molecule has 1 aromatic heterocycles. The molecule has 0 aliphatic heterocycles. The van der Waals surface area contributed by atoms with Crippen molar-refractivity contribution in [2.75, 3.05) is 13.7 Å². The summed E-state index contributed by atoms with van der Waals surface area (Å²) in [4.78, 5) is 38.6. The lowest BCUT2D eigenvalue weighted by Gasteiger charge is -2.16. The molecular formula is C18H20N2O5. The number of nitrogens with one attached hydrogen (secondary N) is 2. The van der Waals surface area contributed by atoms with Crippen LogP contribution in [0.3, 0.4) is 0 Å². The van der Waals surface area contributed by atoms with Crippen LogP contribution in [0.1, 0.15) is 18.4 Å². The van der Waals surface area contributed by atoms with Crippen LogP contribution in [0.4, 0.5) is 0 Å². The van der Waals surface area contributed by atoms with Gasteiger partial charge in [0.25, 0.3) is 5.91 Å². The van der Waals surface area contributed by atoms with E-state index in [1.807, 2.05) is 24.3 Å². The summed E-state index contributed by atoms with van der Waals surface area (Å²) < 4.78 is 9.71. The maximum Gasteiger partial charge on any atom is 0.328 e. The Morgan fingerprint density at radius 3 is 2.76 bits per heavy atom. The Morgan fingerprint density at radius 2 is 2.04 bits per heavy atom. The fourth-order valence-electron chi connectivity index (χ4n) is 2.67. The molecule has 25 heavy (non-hydrogen) atoms. The van der Waals surface area contributed by atoms with Gasteiger partial charge in [0.2, 0.25) is 0 Å². The second-order valence-corrected chi connectivity index (χ2v) is 6.09. The molecular weight excluding hydrogens is 324 g/mol. The SMILES string of the molecule is COC(=O)[C@H](Cc1c[nH]c2ccccc12)NC(=O)COC(=O)C1CC1. The van der Waals surface area contributed by atoms with E-state index >= 15 is 0 Å². The third kappa shape index (κ3) is 4.17. The van der Waals surface area contributed by atoms with Gasteiger partial charge in [0.1, 0.15) is 6.04 Å². The van der Waals surface area contributed by atoms with Gasteiger partial charge in [-0.3, -0.25) is 9.59 Å². The Labute approximate surface area is 144 Å². The van der Waals surface area contributed by atoms with Gasteiger partial charge in [0, 0.05) is 23.5 Å². The minimum absolute atomic E-state index is 0.0737. The Kier molecular flexibility index (Phi) is 5.02. The molecule has 0 unspecified atom stereocenters. The maximum absolute atomic E-state index is 12.0. The van der Waals surface area contributed by atoms with Crippen molar-refractivity contribution in [3.8, 4) is 0 Å². The molecule has 1 atom stereocenters. The van der Waals surface area contributed by atoms with Crippen molar-refractivity contribution in [1.29, 1.82) is 0 Å². The zero-order valence-electron chi connectivity index (χ0n) is 13.9. The summed E-state index contributed by atoms with van der Waals surface area (Å²) in [6.07, 6.45) is 3.70. The first-order valence-electron chi connectivity index (χ1n) is 8.17. The lowest BCUT2D eigenvalue weighted by atomic mass is 10.0. The smallest absolute Gasteiger partial charge is 0.328 e. The van der Waals surface area contributed by atoms with Gasteiger partial charge in [-0.25, -0.2) is 4.79 Å². The number of aromatic nitrogens is 1. The highest BCUT2D eigenvalue weighted by Crippen LogP contribution is 2.29. The summed E-state index contributed by atoms with van der Waals surface area (Å²) in [6, 6.07) is 6.84. The van der Waals surface area contributed by atoms with Crippen molar-refractivity contribution < 1.29 is 23.9 Å². The number of methoxy groups -OCH3 is 1. The van der Waals surface area contributed by atoms with Crippen LogP contribution in [0.25, 0.3) is 10.9 Å². The van der Waals surface area contributed by atoms with Crippen molar-refractivity contribution in [1.82, 2.24) is 10.3 Å². The average Bonchev–Trinajstić information content (AvgIpc) is 3.40. The minimum atomic E-state index is -0.851. The molecule has 7 nitrogen and oxygen atoms in total. The Morgan fingerprint density at radius 1 is 1.28 bits per heavy atom. The van der Waals surface area contributed by atoms with Gasteiger partial charge in [-0.15, -0.1) is 0 Å². The topological polar surface area (TPSA) is 97.5 Å². The van der Waals surface area contributed by atoms with Gasteiger partial charge < -0.3 is 19.8 Å². The van der Waals surface area contributed by atoms with E-state index < -0.39 is 24.5 Å². The van der Waals surface area contributed by atoms with E-state index in [-0.39, 0.29) is 18.3 Å². The van der Waals surface area contributed by atoms with Crippen molar-refractivity contribution in [2.24, 2.45) is 5.92 Å². The summed E-state index contributed by atoms with van der Waals surface area (Å²) in [5.41, 5.74) is 1.84. The van der Waals surface area contributed by atoms with E-state index in [1.54, 1.807) is 6.20 Å². The molecule has 1 fully saturated rings.